The third-order valence-corrected chi connectivity index (χ3v) is 3.22. The van der Waals surface area contributed by atoms with Gasteiger partial charge < -0.3 is 9.84 Å². The van der Waals surface area contributed by atoms with E-state index >= 15 is 0 Å². The van der Waals surface area contributed by atoms with Gasteiger partial charge in [0, 0.05) is 16.6 Å². The van der Waals surface area contributed by atoms with Crippen molar-refractivity contribution < 1.29 is 4.52 Å². The Hall–Kier alpha value is -1.27. The Bertz CT molecular complexity index is 512. The smallest absolute Gasteiger partial charge is 0.240 e. The fourth-order valence-corrected chi connectivity index (χ4v) is 2.16. The maximum absolute atomic E-state index is 5.19. The van der Waals surface area contributed by atoms with Gasteiger partial charge in [0.15, 0.2) is 5.82 Å². The molecule has 0 saturated carbocycles. The molecule has 2 aromatic rings. The monoisotopic (exact) mass is 266 g/mol. The first-order valence-electron chi connectivity index (χ1n) is 5.90. The van der Waals surface area contributed by atoms with Gasteiger partial charge in [0.1, 0.15) is 5.01 Å². The fourth-order valence-electron chi connectivity index (χ4n) is 1.39. The van der Waals surface area contributed by atoms with Gasteiger partial charge in [-0.2, -0.15) is 4.98 Å². The molecule has 0 aliphatic rings. The molecular formula is C12H18N4OS. The van der Waals surface area contributed by atoms with Crippen molar-refractivity contribution in [1.29, 1.82) is 0 Å². The molecule has 0 aromatic carbocycles. The van der Waals surface area contributed by atoms with E-state index in [1.54, 1.807) is 11.3 Å². The summed E-state index contributed by atoms with van der Waals surface area (Å²) in [6.07, 6.45) is 0.636. The molecule has 0 aliphatic heterocycles. The summed E-state index contributed by atoms with van der Waals surface area (Å²) in [6.45, 7) is 8.87. The average molecular weight is 266 g/mol. The van der Waals surface area contributed by atoms with E-state index in [4.69, 9.17) is 4.52 Å². The highest BCUT2D eigenvalue weighted by Crippen LogP contribution is 2.12. The zero-order chi connectivity index (χ0) is 13.2. The predicted octanol–water partition coefficient (Wildman–Crippen LogP) is 2.31. The highest BCUT2D eigenvalue weighted by Gasteiger charge is 2.13. The van der Waals surface area contributed by atoms with E-state index in [1.165, 1.54) is 0 Å². The van der Waals surface area contributed by atoms with Crippen molar-refractivity contribution in [2.75, 3.05) is 0 Å². The van der Waals surface area contributed by atoms with Crippen molar-refractivity contribution in [2.24, 2.45) is 0 Å². The zero-order valence-electron chi connectivity index (χ0n) is 11.1. The van der Waals surface area contributed by atoms with Crippen LogP contribution in [-0.4, -0.2) is 20.7 Å². The van der Waals surface area contributed by atoms with Crippen LogP contribution in [-0.2, 0) is 13.0 Å². The summed E-state index contributed by atoms with van der Waals surface area (Å²) < 4.78 is 5.19. The van der Waals surface area contributed by atoms with Gasteiger partial charge in [-0.05, 0) is 27.7 Å². The topological polar surface area (TPSA) is 63.8 Å². The lowest BCUT2D eigenvalue weighted by Gasteiger charge is -2.18. The van der Waals surface area contributed by atoms with Crippen molar-refractivity contribution >= 4 is 11.3 Å². The number of hydrogen-bond donors (Lipinski definition) is 1. The van der Waals surface area contributed by atoms with Crippen LogP contribution in [0.1, 0.15) is 43.2 Å². The Morgan fingerprint density at radius 1 is 1.33 bits per heavy atom. The molecule has 2 rings (SSSR count). The van der Waals surface area contributed by atoms with Crippen LogP contribution in [0.3, 0.4) is 0 Å². The molecule has 0 aliphatic carbocycles. The Kier molecular flexibility index (Phi) is 3.77. The molecule has 0 amide bonds. The van der Waals surface area contributed by atoms with Crippen LogP contribution in [0.5, 0.6) is 0 Å². The molecule has 1 N–H and O–H groups in total. The van der Waals surface area contributed by atoms with Crippen molar-refractivity contribution in [3.05, 3.63) is 27.8 Å². The van der Waals surface area contributed by atoms with Gasteiger partial charge in [-0.15, -0.1) is 11.3 Å². The quantitative estimate of drug-likeness (QED) is 0.920. The number of rotatable bonds is 4. The third-order valence-electron chi connectivity index (χ3n) is 2.26. The number of hydrogen-bond acceptors (Lipinski definition) is 6. The molecule has 0 saturated heterocycles. The van der Waals surface area contributed by atoms with E-state index in [0.29, 0.717) is 24.7 Å². The van der Waals surface area contributed by atoms with Gasteiger partial charge in [-0.1, -0.05) is 5.16 Å². The van der Waals surface area contributed by atoms with Gasteiger partial charge in [0.2, 0.25) is 5.89 Å². The SMILES string of the molecule is Cc1csc(Cc2noc(CNC(C)(C)C)n2)n1. The number of nitrogens with zero attached hydrogens (tertiary/aromatic N) is 3. The molecule has 2 heterocycles. The minimum Gasteiger partial charge on any atom is -0.338 e. The van der Waals surface area contributed by atoms with Crippen molar-refractivity contribution in [1.82, 2.24) is 20.4 Å². The minimum absolute atomic E-state index is 0.0427. The highest BCUT2D eigenvalue weighted by atomic mass is 32.1. The van der Waals surface area contributed by atoms with E-state index in [0.717, 1.165) is 10.7 Å². The molecule has 0 bridgehead atoms. The van der Waals surface area contributed by atoms with Gasteiger partial charge in [-0.3, -0.25) is 0 Å². The van der Waals surface area contributed by atoms with Crippen LogP contribution >= 0.6 is 11.3 Å². The lowest BCUT2D eigenvalue weighted by Crippen LogP contribution is -2.35. The van der Waals surface area contributed by atoms with Crippen LogP contribution < -0.4 is 5.32 Å². The summed E-state index contributed by atoms with van der Waals surface area (Å²) in [4.78, 5) is 8.73. The number of aryl methyl sites for hydroxylation is 1. The summed E-state index contributed by atoms with van der Waals surface area (Å²) in [5, 5.41) is 10.3. The van der Waals surface area contributed by atoms with Gasteiger partial charge in [0.05, 0.1) is 13.0 Å². The zero-order valence-corrected chi connectivity index (χ0v) is 12.0. The molecule has 0 unspecified atom stereocenters. The van der Waals surface area contributed by atoms with Crippen molar-refractivity contribution in [3.8, 4) is 0 Å². The van der Waals surface area contributed by atoms with Crippen LogP contribution in [0.4, 0.5) is 0 Å². The van der Waals surface area contributed by atoms with Crippen LogP contribution in [0, 0.1) is 6.92 Å². The summed E-state index contributed by atoms with van der Waals surface area (Å²) in [6, 6.07) is 0. The second-order valence-corrected chi connectivity index (χ2v) is 6.21. The van der Waals surface area contributed by atoms with E-state index in [1.807, 2.05) is 12.3 Å². The molecule has 6 heteroatoms. The standard InChI is InChI=1S/C12H18N4OS/c1-8-7-18-11(14-8)5-9-15-10(17-16-9)6-13-12(2,3)4/h7,13H,5-6H2,1-4H3. The Morgan fingerprint density at radius 3 is 2.72 bits per heavy atom. The maximum atomic E-state index is 5.19. The molecule has 0 spiro atoms. The molecule has 0 radical (unpaired) electrons. The summed E-state index contributed by atoms with van der Waals surface area (Å²) in [7, 11) is 0. The van der Waals surface area contributed by atoms with Crippen LogP contribution in [0.2, 0.25) is 0 Å². The van der Waals surface area contributed by atoms with Crippen molar-refractivity contribution in [3.63, 3.8) is 0 Å². The Labute approximate surface area is 111 Å². The van der Waals surface area contributed by atoms with E-state index < -0.39 is 0 Å². The molecule has 18 heavy (non-hydrogen) atoms. The highest BCUT2D eigenvalue weighted by molar-refractivity contribution is 7.09. The number of thiazole rings is 1. The third kappa shape index (κ3) is 3.89. The second kappa shape index (κ2) is 5.16. The minimum atomic E-state index is 0.0427. The largest absolute Gasteiger partial charge is 0.338 e. The lowest BCUT2D eigenvalue weighted by atomic mass is 10.1. The Balaban J connectivity index is 1.94. The maximum Gasteiger partial charge on any atom is 0.240 e. The van der Waals surface area contributed by atoms with Gasteiger partial charge in [-0.25, -0.2) is 4.98 Å². The Morgan fingerprint density at radius 2 is 2.11 bits per heavy atom. The molecule has 2 aromatic heterocycles. The van der Waals surface area contributed by atoms with E-state index in [2.05, 4.69) is 41.2 Å². The molecule has 98 valence electrons. The first-order valence-corrected chi connectivity index (χ1v) is 6.78. The van der Waals surface area contributed by atoms with Crippen LogP contribution in [0.15, 0.2) is 9.90 Å². The number of nitrogens with one attached hydrogen (secondary N) is 1. The summed E-state index contributed by atoms with van der Waals surface area (Å²) >= 11 is 1.62. The first-order chi connectivity index (χ1) is 8.42. The van der Waals surface area contributed by atoms with E-state index in [-0.39, 0.29) is 5.54 Å². The predicted molar refractivity (Wildman–Crippen MR) is 70.5 cm³/mol. The van der Waals surface area contributed by atoms with E-state index in [9.17, 15) is 0 Å². The molecule has 0 fully saturated rings. The van der Waals surface area contributed by atoms with Gasteiger partial charge >= 0.3 is 0 Å². The fraction of sp³-hybridized carbons (Fsp3) is 0.583. The normalized spacial score (nSPS) is 12.0. The second-order valence-electron chi connectivity index (χ2n) is 5.27. The average Bonchev–Trinajstić information content (AvgIpc) is 2.85. The molecule has 5 nitrogen and oxygen atoms in total. The molecular weight excluding hydrogens is 248 g/mol. The lowest BCUT2D eigenvalue weighted by molar-refractivity contribution is 0.334. The van der Waals surface area contributed by atoms with Gasteiger partial charge in [0.25, 0.3) is 0 Å². The number of aromatic nitrogens is 3. The summed E-state index contributed by atoms with van der Waals surface area (Å²) in [5.74, 6) is 1.31. The summed E-state index contributed by atoms with van der Waals surface area (Å²) in [5.41, 5.74) is 1.08. The molecule has 0 atom stereocenters. The first kappa shape index (κ1) is 13.2. The van der Waals surface area contributed by atoms with Crippen LogP contribution in [0.25, 0.3) is 0 Å². The van der Waals surface area contributed by atoms with Crippen molar-refractivity contribution in [2.45, 2.75) is 46.2 Å².